The normalized spacial score (nSPS) is 14.9. The summed E-state index contributed by atoms with van der Waals surface area (Å²) in [4.78, 5) is 65.9. The quantitative estimate of drug-likeness (QED) is 0.106. The Labute approximate surface area is 179 Å². The topological polar surface area (TPSA) is 225 Å². The summed E-state index contributed by atoms with van der Waals surface area (Å²) in [7, 11) is -13.1. The molecule has 8 N–H and O–H groups in total. The molecule has 0 fully saturated rings. The summed E-state index contributed by atoms with van der Waals surface area (Å²) in [5.41, 5.74) is 0. The van der Waals surface area contributed by atoms with Crippen LogP contribution in [0.1, 0.15) is 19.3 Å². The van der Waals surface area contributed by atoms with Crippen LogP contribution < -0.4 is 5.32 Å². The SMILES string of the molecule is O=C(O)[C@H](CCCCNCC=CP(=O)(O)O)N(CC=CP(=O)(O)O)CC=CP(=O)(O)O. The first kappa shape index (κ1) is 30.1. The number of carbonyl (C=O) groups is 1. The number of rotatable bonds is 16. The van der Waals surface area contributed by atoms with Crippen LogP contribution in [0.2, 0.25) is 0 Å². The van der Waals surface area contributed by atoms with Crippen molar-refractivity contribution in [1.29, 1.82) is 0 Å². The Balaban J connectivity index is 4.86. The van der Waals surface area contributed by atoms with Crippen LogP contribution >= 0.6 is 22.8 Å². The number of carboxylic acid groups (broad SMARTS) is 1. The van der Waals surface area contributed by atoms with Crippen molar-refractivity contribution in [3.8, 4) is 0 Å². The standard InChI is InChI=1S/C15H29N2O11P3/c18-15(19)14(6-1-2-7-16-8-3-11-29(20,21)22)17(9-4-12-30(23,24)25)10-5-13-31(26,27)28/h3-5,11-14,16H,1-2,6-10H2,(H,18,19)(H2,20,21,22)(H2,23,24,25)(H2,26,27,28)/t14-/m0/s1. The second-order valence-corrected chi connectivity index (χ2v) is 10.9. The lowest BCUT2D eigenvalue weighted by Crippen LogP contribution is -2.41. The number of aliphatic carboxylic acids is 1. The fraction of sp³-hybridized carbons (Fsp3) is 0.533. The Morgan fingerprint density at radius 1 is 0.806 bits per heavy atom. The van der Waals surface area contributed by atoms with Crippen molar-refractivity contribution < 1.29 is 53.0 Å². The van der Waals surface area contributed by atoms with E-state index in [0.717, 1.165) is 18.0 Å². The molecule has 1 atom stereocenters. The van der Waals surface area contributed by atoms with E-state index < -0.39 is 34.8 Å². The summed E-state index contributed by atoms with van der Waals surface area (Å²) in [6, 6.07) is -1.07. The van der Waals surface area contributed by atoms with Crippen LogP contribution in [-0.2, 0) is 18.5 Å². The average molecular weight is 506 g/mol. The molecule has 0 spiro atoms. The molecule has 0 heterocycles. The maximum atomic E-state index is 11.7. The van der Waals surface area contributed by atoms with Crippen LogP contribution in [0.5, 0.6) is 0 Å². The molecule has 0 rings (SSSR count). The molecule has 0 aromatic heterocycles. The van der Waals surface area contributed by atoms with E-state index in [0.29, 0.717) is 31.0 Å². The molecule has 31 heavy (non-hydrogen) atoms. The van der Waals surface area contributed by atoms with E-state index >= 15 is 0 Å². The molecule has 0 saturated heterocycles. The fourth-order valence-corrected chi connectivity index (χ4v) is 3.51. The second-order valence-electron chi connectivity index (χ2n) is 6.43. The fourth-order valence-electron chi connectivity index (χ4n) is 2.39. The summed E-state index contributed by atoms with van der Waals surface area (Å²) in [5.74, 6) is 0.822. The van der Waals surface area contributed by atoms with Crippen LogP contribution in [0.4, 0.5) is 0 Å². The van der Waals surface area contributed by atoms with Crippen molar-refractivity contribution in [2.45, 2.75) is 25.3 Å². The van der Waals surface area contributed by atoms with Gasteiger partial charge in [-0.05, 0) is 19.4 Å². The first-order chi connectivity index (χ1) is 14.1. The number of nitrogens with one attached hydrogen (secondary N) is 1. The van der Waals surface area contributed by atoms with Gasteiger partial charge in [0, 0.05) is 37.1 Å². The van der Waals surface area contributed by atoms with Crippen LogP contribution in [-0.4, -0.2) is 77.6 Å². The van der Waals surface area contributed by atoms with Gasteiger partial charge in [-0.15, -0.1) is 0 Å². The van der Waals surface area contributed by atoms with Gasteiger partial charge in [0.05, 0.1) is 0 Å². The summed E-state index contributed by atoms with van der Waals surface area (Å²) in [6.45, 7) is 0.339. The van der Waals surface area contributed by atoms with Gasteiger partial charge in [0.2, 0.25) is 0 Å². The van der Waals surface area contributed by atoms with Crippen LogP contribution in [0.25, 0.3) is 0 Å². The number of hydrogen-bond donors (Lipinski definition) is 8. The third kappa shape index (κ3) is 19.5. The van der Waals surface area contributed by atoms with Gasteiger partial charge in [-0.3, -0.25) is 23.4 Å². The van der Waals surface area contributed by atoms with Crippen molar-refractivity contribution in [3.63, 3.8) is 0 Å². The molecule has 0 bridgehead atoms. The van der Waals surface area contributed by atoms with E-state index in [1.54, 1.807) is 0 Å². The van der Waals surface area contributed by atoms with Gasteiger partial charge < -0.3 is 39.8 Å². The highest BCUT2D eigenvalue weighted by Gasteiger charge is 2.24. The molecule has 0 radical (unpaired) electrons. The highest BCUT2D eigenvalue weighted by atomic mass is 31.2. The summed E-state index contributed by atoms with van der Waals surface area (Å²) in [5, 5.41) is 12.4. The van der Waals surface area contributed by atoms with Crippen LogP contribution in [0.15, 0.2) is 35.7 Å². The van der Waals surface area contributed by atoms with E-state index in [2.05, 4.69) is 5.32 Å². The van der Waals surface area contributed by atoms with Crippen molar-refractivity contribution in [1.82, 2.24) is 10.2 Å². The summed E-state index contributed by atoms with van der Waals surface area (Å²) >= 11 is 0. The molecule has 0 amide bonds. The van der Waals surface area contributed by atoms with Gasteiger partial charge in [-0.25, -0.2) is 0 Å². The average Bonchev–Trinajstić information content (AvgIpc) is 2.56. The number of carboxylic acids is 1. The molecule has 0 aliphatic carbocycles. The predicted octanol–water partition coefficient (Wildman–Crippen LogP) is 0.576. The maximum Gasteiger partial charge on any atom is 0.348 e. The highest BCUT2D eigenvalue weighted by molar-refractivity contribution is 7.55. The molecular weight excluding hydrogens is 477 g/mol. The van der Waals surface area contributed by atoms with Gasteiger partial charge in [0.1, 0.15) is 6.04 Å². The van der Waals surface area contributed by atoms with Gasteiger partial charge in [-0.2, -0.15) is 0 Å². The van der Waals surface area contributed by atoms with Gasteiger partial charge in [0.15, 0.2) is 0 Å². The Morgan fingerprint density at radius 2 is 1.26 bits per heavy atom. The van der Waals surface area contributed by atoms with Gasteiger partial charge in [0.25, 0.3) is 0 Å². The minimum atomic E-state index is -4.44. The van der Waals surface area contributed by atoms with Crippen molar-refractivity contribution >= 4 is 28.8 Å². The minimum Gasteiger partial charge on any atom is -0.480 e. The maximum absolute atomic E-state index is 11.7. The van der Waals surface area contributed by atoms with E-state index in [1.807, 2.05) is 0 Å². The lowest BCUT2D eigenvalue weighted by molar-refractivity contribution is -0.143. The zero-order valence-electron chi connectivity index (χ0n) is 16.5. The third-order valence-electron chi connectivity index (χ3n) is 3.65. The van der Waals surface area contributed by atoms with E-state index in [4.69, 9.17) is 29.4 Å². The first-order valence-electron chi connectivity index (χ1n) is 8.97. The second kappa shape index (κ2) is 14.3. The molecule has 0 unspecified atom stereocenters. The Kier molecular flexibility index (Phi) is 13.8. The molecular formula is C15H29N2O11P3. The first-order valence-corrected chi connectivity index (χ1v) is 14.0. The molecule has 0 aromatic rings. The third-order valence-corrected chi connectivity index (χ3v) is 5.45. The minimum absolute atomic E-state index is 0.156. The van der Waals surface area contributed by atoms with Crippen LogP contribution in [0, 0.1) is 0 Å². The lowest BCUT2D eigenvalue weighted by atomic mass is 10.1. The molecule has 13 nitrogen and oxygen atoms in total. The Morgan fingerprint density at radius 3 is 1.68 bits per heavy atom. The summed E-state index contributed by atoms with van der Waals surface area (Å²) < 4.78 is 32.5. The zero-order valence-corrected chi connectivity index (χ0v) is 19.2. The molecule has 0 aliphatic heterocycles. The van der Waals surface area contributed by atoms with Crippen molar-refractivity contribution in [3.05, 3.63) is 35.7 Å². The number of unbranched alkanes of at least 4 members (excludes halogenated alkanes) is 1. The smallest absolute Gasteiger partial charge is 0.348 e. The number of nitrogens with zero attached hydrogens (tertiary/aromatic N) is 1. The number of hydrogen-bond acceptors (Lipinski definition) is 6. The molecule has 0 aliphatic rings. The molecule has 180 valence electrons. The van der Waals surface area contributed by atoms with E-state index in [1.165, 1.54) is 11.0 Å². The molecule has 0 saturated carbocycles. The van der Waals surface area contributed by atoms with Crippen molar-refractivity contribution in [2.24, 2.45) is 0 Å². The van der Waals surface area contributed by atoms with E-state index in [9.17, 15) is 23.6 Å². The van der Waals surface area contributed by atoms with Gasteiger partial charge >= 0.3 is 28.8 Å². The zero-order chi connectivity index (χ0) is 24.1. The lowest BCUT2D eigenvalue weighted by Gasteiger charge is -2.26. The predicted molar refractivity (Wildman–Crippen MR) is 113 cm³/mol. The van der Waals surface area contributed by atoms with E-state index in [-0.39, 0.29) is 26.1 Å². The Hall–Kier alpha value is -0.940. The molecule has 16 heteroatoms. The monoisotopic (exact) mass is 506 g/mol. The molecule has 0 aromatic carbocycles. The summed E-state index contributed by atoms with van der Waals surface area (Å²) in [6.07, 6.45) is 4.60. The Bertz CT molecular complexity index is 747. The van der Waals surface area contributed by atoms with Crippen molar-refractivity contribution in [2.75, 3.05) is 26.2 Å². The van der Waals surface area contributed by atoms with Gasteiger partial charge in [-0.1, -0.05) is 24.6 Å². The van der Waals surface area contributed by atoms with Crippen LogP contribution in [0.3, 0.4) is 0 Å². The highest BCUT2D eigenvalue weighted by Crippen LogP contribution is 2.37. The largest absolute Gasteiger partial charge is 0.480 e.